The SMILES string of the molecule is CSCC[C@@H](NC(=O)c1ccccc1Cl)C(=O)NC[C@H](c1cccs1)N(C)C. The van der Waals surface area contributed by atoms with Crippen LogP contribution in [0.2, 0.25) is 5.02 Å². The zero-order valence-electron chi connectivity index (χ0n) is 16.3. The van der Waals surface area contributed by atoms with Crippen LogP contribution in [0.25, 0.3) is 0 Å². The predicted molar refractivity (Wildman–Crippen MR) is 119 cm³/mol. The highest BCUT2D eigenvalue weighted by molar-refractivity contribution is 7.98. The van der Waals surface area contributed by atoms with E-state index in [0.29, 0.717) is 23.6 Å². The molecule has 152 valence electrons. The number of halogens is 1. The second-order valence-corrected chi connectivity index (χ2v) is 8.90. The molecule has 1 aromatic carbocycles. The Kier molecular flexibility index (Phi) is 9.31. The van der Waals surface area contributed by atoms with Crippen LogP contribution in [0, 0.1) is 0 Å². The molecule has 0 saturated heterocycles. The minimum Gasteiger partial charge on any atom is -0.352 e. The Morgan fingerprint density at radius 3 is 2.57 bits per heavy atom. The Labute approximate surface area is 179 Å². The van der Waals surface area contributed by atoms with Crippen LogP contribution in [-0.4, -0.2) is 55.4 Å². The molecule has 2 atom stereocenters. The number of carbonyl (C=O) groups is 2. The van der Waals surface area contributed by atoms with Crippen LogP contribution in [0.3, 0.4) is 0 Å². The molecule has 28 heavy (non-hydrogen) atoms. The van der Waals surface area contributed by atoms with E-state index in [0.717, 1.165) is 5.75 Å². The summed E-state index contributed by atoms with van der Waals surface area (Å²) in [5.74, 6) is 0.246. The Bertz CT molecular complexity index is 769. The lowest BCUT2D eigenvalue weighted by molar-refractivity contribution is -0.123. The Hall–Kier alpha value is -1.54. The van der Waals surface area contributed by atoms with Gasteiger partial charge in [-0.05, 0) is 56.1 Å². The number of carbonyl (C=O) groups excluding carboxylic acids is 2. The van der Waals surface area contributed by atoms with E-state index in [1.54, 1.807) is 47.4 Å². The summed E-state index contributed by atoms with van der Waals surface area (Å²) in [4.78, 5) is 28.7. The van der Waals surface area contributed by atoms with Crippen LogP contribution < -0.4 is 10.6 Å². The second-order valence-electron chi connectivity index (χ2n) is 6.53. The maximum absolute atomic E-state index is 12.8. The van der Waals surface area contributed by atoms with Crippen molar-refractivity contribution in [1.29, 1.82) is 0 Å². The molecule has 0 fully saturated rings. The fourth-order valence-electron chi connectivity index (χ4n) is 2.72. The first-order valence-corrected chi connectivity index (χ1v) is 11.6. The fraction of sp³-hybridized carbons (Fsp3) is 0.400. The third kappa shape index (κ3) is 6.51. The lowest BCUT2D eigenvalue weighted by Crippen LogP contribution is -2.48. The molecule has 2 amide bonds. The minimum absolute atomic E-state index is 0.0874. The van der Waals surface area contributed by atoms with E-state index in [-0.39, 0.29) is 17.9 Å². The van der Waals surface area contributed by atoms with Crippen molar-refractivity contribution in [2.75, 3.05) is 32.6 Å². The Morgan fingerprint density at radius 2 is 1.96 bits per heavy atom. The molecule has 2 N–H and O–H groups in total. The van der Waals surface area contributed by atoms with Gasteiger partial charge in [0.2, 0.25) is 5.91 Å². The van der Waals surface area contributed by atoms with Crippen LogP contribution in [-0.2, 0) is 4.79 Å². The highest BCUT2D eigenvalue weighted by Crippen LogP contribution is 2.22. The minimum atomic E-state index is -0.609. The number of nitrogens with zero attached hydrogens (tertiary/aromatic N) is 1. The molecule has 2 rings (SSSR count). The number of nitrogens with one attached hydrogen (secondary N) is 2. The first-order chi connectivity index (χ1) is 13.4. The number of benzene rings is 1. The normalized spacial score (nSPS) is 13.2. The molecular weight excluding hydrogens is 414 g/mol. The lowest BCUT2D eigenvalue weighted by atomic mass is 10.1. The van der Waals surface area contributed by atoms with Crippen molar-refractivity contribution in [2.24, 2.45) is 0 Å². The molecule has 2 aromatic rings. The third-order valence-electron chi connectivity index (χ3n) is 4.32. The molecule has 0 saturated carbocycles. The van der Waals surface area contributed by atoms with Crippen molar-refractivity contribution in [3.05, 3.63) is 57.2 Å². The maximum Gasteiger partial charge on any atom is 0.253 e. The summed E-state index contributed by atoms with van der Waals surface area (Å²) in [5.41, 5.74) is 0.371. The van der Waals surface area contributed by atoms with Gasteiger partial charge in [-0.2, -0.15) is 11.8 Å². The van der Waals surface area contributed by atoms with Crippen LogP contribution in [0.15, 0.2) is 41.8 Å². The number of rotatable bonds is 10. The Morgan fingerprint density at radius 1 is 1.21 bits per heavy atom. The summed E-state index contributed by atoms with van der Waals surface area (Å²) in [5, 5.41) is 8.23. The molecule has 8 heteroatoms. The van der Waals surface area contributed by atoms with E-state index in [1.807, 2.05) is 31.8 Å². The summed E-state index contributed by atoms with van der Waals surface area (Å²) in [6, 6.07) is 10.4. The second kappa shape index (κ2) is 11.5. The van der Waals surface area contributed by atoms with Gasteiger partial charge < -0.3 is 15.5 Å². The smallest absolute Gasteiger partial charge is 0.253 e. The molecule has 0 bridgehead atoms. The first-order valence-electron chi connectivity index (χ1n) is 8.96. The zero-order valence-corrected chi connectivity index (χ0v) is 18.7. The van der Waals surface area contributed by atoms with Crippen LogP contribution in [0.5, 0.6) is 0 Å². The number of hydrogen-bond donors (Lipinski definition) is 2. The molecule has 0 spiro atoms. The summed E-state index contributed by atoms with van der Waals surface area (Å²) in [7, 11) is 3.97. The highest BCUT2D eigenvalue weighted by Gasteiger charge is 2.24. The standard InChI is InChI=1S/C20H26ClN3O2S2/c1-24(2)17(18-9-6-11-28-18)13-22-20(26)16(10-12-27-3)23-19(25)14-7-4-5-8-15(14)21/h4-9,11,16-17H,10,12-13H2,1-3H3,(H,22,26)(H,23,25)/t16-,17-/m1/s1. The van der Waals surface area contributed by atoms with Crippen molar-refractivity contribution >= 4 is 46.5 Å². The van der Waals surface area contributed by atoms with Crippen molar-refractivity contribution in [3.63, 3.8) is 0 Å². The molecule has 5 nitrogen and oxygen atoms in total. The molecule has 0 unspecified atom stereocenters. The quantitative estimate of drug-likeness (QED) is 0.593. The van der Waals surface area contributed by atoms with E-state index < -0.39 is 6.04 Å². The van der Waals surface area contributed by atoms with Gasteiger partial charge in [-0.15, -0.1) is 11.3 Å². The van der Waals surface area contributed by atoms with Gasteiger partial charge in [0.25, 0.3) is 5.91 Å². The highest BCUT2D eigenvalue weighted by atomic mass is 35.5. The van der Waals surface area contributed by atoms with Gasteiger partial charge in [-0.3, -0.25) is 9.59 Å². The molecule has 1 aromatic heterocycles. The zero-order chi connectivity index (χ0) is 20.5. The first kappa shape index (κ1) is 22.7. The van der Waals surface area contributed by atoms with Gasteiger partial charge in [0.15, 0.2) is 0 Å². The maximum atomic E-state index is 12.8. The van der Waals surface area contributed by atoms with Gasteiger partial charge in [0.1, 0.15) is 6.04 Å². The van der Waals surface area contributed by atoms with Gasteiger partial charge in [0, 0.05) is 11.4 Å². The summed E-state index contributed by atoms with van der Waals surface area (Å²) >= 11 is 9.41. The number of thiophene rings is 1. The number of amides is 2. The molecular formula is C20H26ClN3O2S2. The van der Waals surface area contributed by atoms with E-state index in [1.165, 1.54) is 4.88 Å². The average molecular weight is 440 g/mol. The van der Waals surface area contributed by atoms with E-state index in [4.69, 9.17) is 11.6 Å². The lowest BCUT2D eigenvalue weighted by Gasteiger charge is -2.25. The molecule has 1 heterocycles. The summed E-state index contributed by atoms with van der Waals surface area (Å²) in [6.45, 7) is 0.476. The molecule has 0 aliphatic carbocycles. The van der Waals surface area contributed by atoms with Crippen molar-refractivity contribution < 1.29 is 9.59 Å². The number of likely N-dealkylation sites (N-methyl/N-ethyl adjacent to an activating group) is 1. The van der Waals surface area contributed by atoms with Crippen LogP contribution in [0.4, 0.5) is 0 Å². The molecule has 0 aliphatic heterocycles. The predicted octanol–water partition coefficient (Wildman–Crippen LogP) is 3.67. The molecule has 0 radical (unpaired) electrons. The third-order valence-corrected chi connectivity index (χ3v) is 6.26. The summed E-state index contributed by atoms with van der Waals surface area (Å²) in [6.07, 6.45) is 2.53. The topological polar surface area (TPSA) is 61.4 Å². The van der Waals surface area contributed by atoms with Gasteiger partial charge >= 0.3 is 0 Å². The van der Waals surface area contributed by atoms with Gasteiger partial charge in [-0.25, -0.2) is 0 Å². The van der Waals surface area contributed by atoms with E-state index >= 15 is 0 Å². The fourth-order valence-corrected chi connectivity index (χ4v) is 4.34. The monoisotopic (exact) mass is 439 g/mol. The Balaban J connectivity index is 2.03. The van der Waals surface area contributed by atoms with E-state index in [2.05, 4.69) is 21.6 Å². The van der Waals surface area contributed by atoms with E-state index in [9.17, 15) is 9.59 Å². The molecule has 0 aliphatic rings. The average Bonchev–Trinajstić information content (AvgIpc) is 3.19. The number of thioether (sulfide) groups is 1. The largest absolute Gasteiger partial charge is 0.352 e. The van der Waals surface area contributed by atoms with Crippen LogP contribution >= 0.6 is 34.7 Å². The number of hydrogen-bond acceptors (Lipinski definition) is 5. The van der Waals surface area contributed by atoms with Gasteiger partial charge in [-0.1, -0.05) is 29.8 Å². The van der Waals surface area contributed by atoms with Crippen LogP contribution in [0.1, 0.15) is 27.7 Å². The van der Waals surface area contributed by atoms with Crippen molar-refractivity contribution in [3.8, 4) is 0 Å². The van der Waals surface area contributed by atoms with Crippen molar-refractivity contribution in [1.82, 2.24) is 15.5 Å². The van der Waals surface area contributed by atoms with Crippen molar-refractivity contribution in [2.45, 2.75) is 18.5 Å². The summed E-state index contributed by atoms with van der Waals surface area (Å²) < 4.78 is 0. The van der Waals surface area contributed by atoms with Gasteiger partial charge in [0.05, 0.1) is 16.6 Å².